The van der Waals surface area contributed by atoms with E-state index >= 15 is 0 Å². The van der Waals surface area contributed by atoms with Crippen LogP contribution in [0.3, 0.4) is 0 Å². The van der Waals surface area contributed by atoms with Gasteiger partial charge in [-0.25, -0.2) is 0 Å². The smallest absolute Gasteiger partial charge is 0.123 e. The minimum absolute atomic E-state index is 0.0428. The molecule has 1 N–H and O–H groups in total. The molecule has 0 saturated heterocycles. The molecule has 0 aliphatic carbocycles. The zero-order chi connectivity index (χ0) is 13.9. The third kappa shape index (κ3) is 2.80. The lowest BCUT2D eigenvalue weighted by atomic mass is 9.96. The Labute approximate surface area is 127 Å². The van der Waals surface area contributed by atoms with Crippen LogP contribution in [0.5, 0.6) is 5.75 Å². The van der Waals surface area contributed by atoms with Gasteiger partial charge >= 0.3 is 0 Å². The molecule has 0 fully saturated rings. The van der Waals surface area contributed by atoms with Crippen LogP contribution in [-0.2, 0) is 0 Å². The van der Waals surface area contributed by atoms with Crippen LogP contribution < -0.4 is 4.74 Å². The molecule has 2 unspecified atom stereocenters. The molecule has 0 spiro atoms. The van der Waals surface area contributed by atoms with Crippen LogP contribution in [0.2, 0.25) is 5.02 Å². The van der Waals surface area contributed by atoms with Crippen molar-refractivity contribution in [2.45, 2.75) is 16.9 Å². The molecule has 20 heavy (non-hydrogen) atoms. The van der Waals surface area contributed by atoms with E-state index in [0.29, 0.717) is 12.4 Å². The lowest BCUT2D eigenvalue weighted by Gasteiger charge is -2.17. The largest absolute Gasteiger partial charge is 0.493 e. The molecule has 3 rings (SSSR count). The zero-order valence-electron chi connectivity index (χ0n) is 10.8. The Bertz CT molecular complexity index is 603. The van der Waals surface area contributed by atoms with Gasteiger partial charge in [-0.3, -0.25) is 0 Å². The molecular formula is C16H15ClO2S. The summed E-state index contributed by atoms with van der Waals surface area (Å²) < 4.78 is 5.61. The second kappa shape index (κ2) is 6.08. The average molecular weight is 307 g/mol. The number of rotatable bonds is 4. The second-order valence-electron chi connectivity index (χ2n) is 4.76. The van der Waals surface area contributed by atoms with E-state index < -0.39 is 6.10 Å². The summed E-state index contributed by atoms with van der Waals surface area (Å²) in [6.45, 7) is 0.545. The fourth-order valence-electron chi connectivity index (χ4n) is 2.36. The Morgan fingerprint density at radius 3 is 2.80 bits per heavy atom. The number of thioether (sulfide) groups is 1. The van der Waals surface area contributed by atoms with Crippen LogP contribution in [-0.4, -0.2) is 23.6 Å². The maximum atomic E-state index is 10.4. The summed E-state index contributed by atoms with van der Waals surface area (Å²) in [6.07, 6.45) is -0.445. The van der Waals surface area contributed by atoms with E-state index in [2.05, 4.69) is 0 Å². The van der Waals surface area contributed by atoms with Crippen LogP contribution >= 0.6 is 23.4 Å². The molecule has 104 valence electrons. The fraction of sp³-hybridized carbons (Fsp3) is 0.250. The van der Waals surface area contributed by atoms with Gasteiger partial charge in [0.2, 0.25) is 0 Å². The van der Waals surface area contributed by atoms with Gasteiger partial charge in [0, 0.05) is 22.1 Å². The minimum Gasteiger partial charge on any atom is -0.493 e. The number of para-hydroxylation sites is 1. The van der Waals surface area contributed by atoms with Crippen molar-refractivity contribution in [2.24, 2.45) is 0 Å². The van der Waals surface area contributed by atoms with Gasteiger partial charge in [-0.15, -0.1) is 11.8 Å². The number of hydrogen-bond acceptors (Lipinski definition) is 3. The van der Waals surface area contributed by atoms with Gasteiger partial charge in [-0.2, -0.15) is 0 Å². The first-order valence-electron chi connectivity index (χ1n) is 6.53. The summed E-state index contributed by atoms with van der Waals surface area (Å²) in [5.41, 5.74) is 1.10. The molecule has 2 aromatic carbocycles. The van der Waals surface area contributed by atoms with Crippen LogP contribution in [0, 0.1) is 0 Å². The summed E-state index contributed by atoms with van der Waals surface area (Å²) in [7, 11) is 0. The first-order chi connectivity index (χ1) is 9.75. The standard InChI is InChI=1S/C16H15ClO2S/c17-13-6-2-4-8-16(13)20-10-14(18)12-9-19-15-7-3-1-5-11(12)15/h1-8,12,14,18H,9-10H2. The fourth-order valence-corrected chi connectivity index (χ4v) is 3.62. The van der Waals surface area contributed by atoms with E-state index in [1.54, 1.807) is 11.8 Å². The van der Waals surface area contributed by atoms with E-state index in [0.717, 1.165) is 21.2 Å². The SMILES string of the molecule is OC(CSc1ccccc1Cl)C1COc2ccccc21. The Balaban J connectivity index is 1.66. The first kappa shape index (κ1) is 13.8. The maximum Gasteiger partial charge on any atom is 0.123 e. The molecule has 0 saturated carbocycles. The molecule has 1 aliphatic heterocycles. The van der Waals surface area contributed by atoms with Gasteiger partial charge in [0.25, 0.3) is 0 Å². The lowest BCUT2D eigenvalue weighted by Crippen LogP contribution is -2.22. The molecule has 2 aromatic rings. The van der Waals surface area contributed by atoms with Crippen molar-refractivity contribution in [1.29, 1.82) is 0 Å². The van der Waals surface area contributed by atoms with Crippen LogP contribution in [0.25, 0.3) is 0 Å². The molecule has 2 nitrogen and oxygen atoms in total. The third-order valence-electron chi connectivity index (χ3n) is 3.45. The number of aliphatic hydroxyl groups is 1. The summed E-state index contributed by atoms with van der Waals surface area (Å²) in [5, 5.41) is 11.1. The van der Waals surface area contributed by atoms with Crippen molar-refractivity contribution in [1.82, 2.24) is 0 Å². The Morgan fingerprint density at radius 1 is 1.20 bits per heavy atom. The van der Waals surface area contributed by atoms with Crippen LogP contribution in [0.1, 0.15) is 11.5 Å². The van der Waals surface area contributed by atoms with Crippen molar-refractivity contribution >= 4 is 23.4 Å². The van der Waals surface area contributed by atoms with Gasteiger partial charge in [-0.05, 0) is 18.2 Å². The molecule has 4 heteroatoms. The number of halogens is 1. The molecule has 0 radical (unpaired) electrons. The highest BCUT2D eigenvalue weighted by Crippen LogP contribution is 2.37. The van der Waals surface area contributed by atoms with Gasteiger partial charge in [-0.1, -0.05) is 41.9 Å². The summed E-state index contributed by atoms with van der Waals surface area (Å²) >= 11 is 7.70. The highest BCUT2D eigenvalue weighted by molar-refractivity contribution is 7.99. The molecule has 1 aliphatic rings. The van der Waals surface area contributed by atoms with Crippen LogP contribution in [0.15, 0.2) is 53.4 Å². The van der Waals surface area contributed by atoms with Crippen molar-refractivity contribution in [3.8, 4) is 5.75 Å². The Morgan fingerprint density at radius 2 is 1.95 bits per heavy atom. The third-order valence-corrected chi connectivity index (χ3v) is 5.06. The highest BCUT2D eigenvalue weighted by atomic mass is 35.5. The normalized spacial score (nSPS) is 18.4. The quantitative estimate of drug-likeness (QED) is 0.867. The molecule has 2 atom stereocenters. The molecule has 0 aromatic heterocycles. The van der Waals surface area contributed by atoms with E-state index in [4.69, 9.17) is 16.3 Å². The summed E-state index contributed by atoms with van der Waals surface area (Å²) in [6, 6.07) is 15.6. The maximum absolute atomic E-state index is 10.4. The number of ether oxygens (including phenoxy) is 1. The molecular weight excluding hydrogens is 292 g/mol. The molecule has 1 heterocycles. The van der Waals surface area contributed by atoms with E-state index in [-0.39, 0.29) is 5.92 Å². The van der Waals surface area contributed by atoms with Gasteiger partial charge < -0.3 is 9.84 Å². The number of benzene rings is 2. The van der Waals surface area contributed by atoms with E-state index in [1.807, 2.05) is 48.5 Å². The van der Waals surface area contributed by atoms with Gasteiger partial charge in [0.15, 0.2) is 0 Å². The van der Waals surface area contributed by atoms with Crippen LogP contribution in [0.4, 0.5) is 0 Å². The van der Waals surface area contributed by atoms with Crippen molar-refractivity contribution in [2.75, 3.05) is 12.4 Å². The zero-order valence-corrected chi connectivity index (χ0v) is 12.4. The predicted molar refractivity (Wildman–Crippen MR) is 82.9 cm³/mol. The van der Waals surface area contributed by atoms with Crippen molar-refractivity contribution in [3.63, 3.8) is 0 Å². The monoisotopic (exact) mass is 306 g/mol. The van der Waals surface area contributed by atoms with Crippen molar-refractivity contribution < 1.29 is 9.84 Å². The molecule has 0 amide bonds. The average Bonchev–Trinajstić information content (AvgIpc) is 2.90. The first-order valence-corrected chi connectivity index (χ1v) is 7.89. The number of fused-ring (bicyclic) bond motifs is 1. The van der Waals surface area contributed by atoms with Gasteiger partial charge in [0.1, 0.15) is 5.75 Å². The Hall–Kier alpha value is -1.16. The molecule has 0 bridgehead atoms. The minimum atomic E-state index is -0.445. The van der Waals surface area contributed by atoms with Gasteiger partial charge in [0.05, 0.1) is 17.7 Å². The highest BCUT2D eigenvalue weighted by Gasteiger charge is 2.30. The summed E-state index contributed by atoms with van der Waals surface area (Å²) in [5.74, 6) is 1.53. The topological polar surface area (TPSA) is 29.5 Å². The second-order valence-corrected chi connectivity index (χ2v) is 6.23. The number of aliphatic hydroxyl groups excluding tert-OH is 1. The summed E-state index contributed by atoms with van der Waals surface area (Å²) in [4.78, 5) is 1.00. The van der Waals surface area contributed by atoms with E-state index in [1.165, 1.54) is 0 Å². The predicted octanol–water partition coefficient (Wildman–Crippen LogP) is 3.97. The lowest BCUT2D eigenvalue weighted by molar-refractivity contribution is 0.150. The van der Waals surface area contributed by atoms with E-state index in [9.17, 15) is 5.11 Å². The Kier molecular flexibility index (Phi) is 4.20. The van der Waals surface area contributed by atoms with Crippen molar-refractivity contribution in [3.05, 3.63) is 59.1 Å². The number of hydrogen-bond donors (Lipinski definition) is 1.